The van der Waals surface area contributed by atoms with Gasteiger partial charge in [0.2, 0.25) is 0 Å². The van der Waals surface area contributed by atoms with E-state index in [4.69, 9.17) is 13.9 Å². The molecule has 39 heavy (non-hydrogen) atoms. The van der Waals surface area contributed by atoms with Gasteiger partial charge in [-0.1, -0.05) is 48.5 Å². The molecule has 5 rings (SSSR count). The highest BCUT2D eigenvalue weighted by Gasteiger charge is 2.22. The first-order valence-electron chi connectivity index (χ1n) is 12.5. The van der Waals surface area contributed by atoms with Crippen LogP contribution in [0.15, 0.2) is 82.0 Å². The summed E-state index contributed by atoms with van der Waals surface area (Å²) in [4.78, 5) is 30.7. The van der Waals surface area contributed by atoms with Crippen LogP contribution in [-0.4, -0.2) is 57.3 Å². The van der Waals surface area contributed by atoms with Crippen LogP contribution < -0.4 is 15.1 Å². The Balaban J connectivity index is 0.00000210. The van der Waals surface area contributed by atoms with Crippen LogP contribution in [0.3, 0.4) is 0 Å². The third kappa shape index (κ3) is 6.38. The average molecular weight is 572 g/mol. The van der Waals surface area contributed by atoms with Crippen molar-refractivity contribution in [2.45, 2.75) is 6.92 Å². The molecule has 7 nitrogen and oxygen atoms in total. The summed E-state index contributed by atoms with van der Waals surface area (Å²) in [5, 5.41) is 0.374. The van der Waals surface area contributed by atoms with Gasteiger partial charge in [0.25, 0.3) is 0 Å². The maximum atomic E-state index is 13.1. The fourth-order valence-corrected chi connectivity index (χ4v) is 4.78. The Bertz CT molecular complexity index is 1470. The fraction of sp³-hybridized carbons (Fsp3) is 0.267. The molecular formula is C30H32Cl2N2O5. The second-order valence-corrected chi connectivity index (χ2v) is 9.07. The number of piperazine rings is 1. The van der Waals surface area contributed by atoms with Gasteiger partial charge >= 0.3 is 5.97 Å². The number of hydrogen-bond acceptors (Lipinski definition) is 7. The molecule has 206 valence electrons. The number of esters is 1. The normalized spacial score (nSPS) is 13.3. The molecule has 1 fully saturated rings. The van der Waals surface area contributed by atoms with E-state index >= 15 is 0 Å². The van der Waals surface area contributed by atoms with Gasteiger partial charge in [0.05, 0.1) is 18.2 Å². The molecule has 3 aromatic carbocycles. The molecular weight excluding hydrogens is 539 g/mol. The lowest BCUT2D eigenvalue weighted by Gasteiger charge is -2.36. The van der Waals surface area contributed by atoms with Gasteiger partial charge in [0.1, 0.15) is 23.7 Å². The van der Waals surface area contributed by atoms with Crippen molar-refractivity contribution in [2.75, 3.05) is 51.3 Å². The highest BCUT2D eigenvalue weighted by molar-refractivity contribution is 6.02. The zero-order chi connectivity index (χ0) is 25.8. The summed E-state index contributed by atoms with van der Waals surface area (Å²) in [6.45, 7) is 6.08. The number of halogens is 2. The molecule has 2 heterocycles. The first-order chi connectivity index (χ1) is 18.1. The van der Waals surface area contributed by atoms with Crippen molar-refractivity contribution in [3.05, 3.63) is 94.1 Å². The van der Waals surface area contributed by atoms with Gasteiger partial charge in [-0.05, 0) is 31.2 Å². The average Bonchev–Trinajstić information content (AvgIpc) is 2.95. The van der Waals surface area contributed by atoms with Gasteiger partial charge in [-0.3, -0.25) is 9.69 Å². The van der Waals surface area contributed by atoms with Crippen molar-refractivity contribution >= 4 is 47.4 Å². The van der Waals surface area contributed by atoms with Crippen molar-refractivity contribution in [1.29, 1.82) is 0 Å². The van der Waals surface area contributed by atoms with E-state index in [1.165, 1.54) is 0 Å². The minimum absolute atomic E-state index is 0. The molecule has 0 saturated carbocycles. The van der Waals surface area contributed by atoms with Gasteiger partial charge in [-0.25, -0.2) is 4.79 Å². The summed E-state index contributed by atoms with van der Waals surface area (Å²) in [5.41, 5.74) is 2.76. The summed E-state index contributed by atoms with van der Waals surface area (Å²) in [6, 6.07) is 22.5. The van der Waals surface area contributed by atoms with E-state index in [1.54, 1.807) is 32.2 Å². The van der Waals surface area contributed by atoms with Crippen LogP contribution in [-0.2, 0) is 4.74 Å². The molecule has 0 aliphatic carbocycles. The predicted molar refractivity (Wildman–Crippen MR) is 159 cm³/mol. The number of nitrogens with zero attached hydrogens (tertiary/aromatic N) is 2. The lowest BCUT2D eigenvalue weighted by molar-refractivity contribution is 0.0460. The van der Waals surface area contributed by atoms with Gasteiger partial charge in [-0.2, -0.15) is 0 Å². The zero-order valence-electron chi connectivity index (χ0n) is 21.9. The number of rotatable bonds is 7. The number of hydrogen-bond donors (Lipinski definition) is 0. The Morgan fingerprint density at radius 3 is 2.31 bits per heavy atom. The van der Waals surface area contributed by atoms with E-state index < -0.39 is 5.97 Å². The van der Waals surface area contributed by atoms with Gasteiger partial charge in [0, 0.05) is 43.9 Å². The fourth-order valence-electron chi connectivity index (χ4n) is 4.78. The van der Waals surface area contributed by atoms with Gasteiger partial charge < -0.3 is 18.8 Å². The van der Waals surface area contributed by atoms with Crippen LogP contribution in [0.1, 0.15) is 15.9 Å². The summed E-state index contributed by atoms with van der Waals surface area (Å²) in [7, 11) is 1.69. The number of methoxy groups -OCH3 is 1. The molecule has 4 aromatic rings. The maximum absolute atomic E-state index is 13.1. The van der Waals surface area contributed by atoms with E-state index in [2.05, 4.69) is 15.9 Å². The van der Waals surface area contributed by atoms with Gasteiger partial charge in [-0.15, -0.1) is 24.8 Å². The third-order valence-corrected chi connectivity index (χ3v) is 6.84. The standard InChI is InChI=1S/C30H30N2O5.2ClH/c1-21-27(33)23-11-8-12-24(29(23)37-28(21)22-9-4-3-5-10-22)30(34)36-20-19-31-15-17-32(18-16-31)25-13-6-7-14-26(25)35-2;;/h3-14H,15-20H2,1-2H3;2*1H. The third-order valence-electron chi connectivity index (χ3n) is 6.84. The van der Waals surface area contributed by atoms with Crippen molar-refractivity contribution in [2.24, 2.45) is 0 Å². The second kappa shape index (κ2) is 13.5. The number of anilines is 1. The number of benzene rings is 3. The van der Waals surface area contributed by atoms with Crippen molar-refractivity contribution in [3.63, 3.8) is 0 Å². The van der Waals surface area contributed by atoms with Crippen molar-refractivity contribution in [1.82, 2.24) is 4.90 Å². The van der Waals surface area contributed by atoms with Crippen LogP contribution in [0.5, 0.6) is 5.75 Å². The largest absolute Gasteiger partial charge is 0.495 e. The molecule has 0 amide bonds. The van der Waals surface area contributed by atoms with Gasteiger partial charge in [0.15, 0.2) is 11.0 Å². The Hall–Kier alpha value is -3.52. The SMILES string of the molecule is COc1ccccc1N1CCN(CCOC(=O)c2cccc3c(=O)c(C)c(-c4ccccc4)oc23)CC1.Cl.Cl. The molecule has 9 heteroatoms. The molecule has 1 aromatic heterocycles. The summed E-state index contributed by atoms with van der Waals surface area (Å²) >= 11 is 0. The zero-order valence-corrected chi connectivity index (χ0v) is 23.6. The topological polar surface area (TPSA) is 72.2 Å². The van der Waals surface area contributed by atoms with Crippen LogP contribution in [0.2, 0.25) is 0 Å². The van der Waals surface area contributed by atoms with Crippen LogP contribution in [0.4, 0.5) is 5.69 Å². The van der Waals surface area contributed by atoms with Crippen LogP contribution in [0, 0.1) is 6.92 Å². The highest BCUT2D eigenvalue weighted by Crippen LogP contribution is 2.29. The monoisotopic (exact) mass is 570 g/mol. The van der Waals surface area contributed by atoms with Crippen molar-refractivity contribution in [3.8, 4) is 17.1 Å². The molecule has 0 atom stereocenters. The smallest absolute Gasteiger partial charge is 0.342 e. The highest BCUT2D eigenvalue weighted by atomic mass is 35.5. The molecule has 0 spiro atoms. The second-order valence-electron chi connectivity index (χ2n) is 9.07. The first kappa shape index (κ1) is 30.0. The Labute approximate surface area is 240 Å². The lowest BCUT2D eigenvalue weighted by Crippen LogP contribution is -2.47. The lowest BCUT2D eigenvalue weighted by atomic mass is 10.0. The minimum Gasteiger partial charge on any atom is -0.495 e. The Morgan fingerprint density at radius 1 is 0.897 bits per heavy atom. The van der Waals surface area contributed by atoms with E-state index in [-0.39, 0.29) is 48.0 Å². The van der Waals surface area contributed by atoms with E-state index in [0.29, 0.717) is 23.3 Å². The summed E-state index contributed by atoms with van der Waals surface area (Å²) < 4.78 is 17.3. The molecule has 0 unspecified atom stereocenters. The first-order valence-corrected chi connectivity index (χ1v) is 12.5. The number of carbonyl (C=O) groups is 1. The van der Waals surface area contributed by atoms with Crippen molar-refractivity contribution < 1.29 is 18.7 Å². The Kier molecular flexibility index (Phi) is 10.4. The molecule has 1 saturated heterocycles. The quantitative estimate of drug-likeness (QED) is 0.268. The molecule has 0 bridgehead atoms. The molecule has 0 N–H and O–H groups in total. The number of para-hydroxylation sites is 3. The van der Waals surface area contributed by atoms with E-state index in [0.717, 1.165) is 43.2 Å². The number of ether oxygens (including phenoxy) is 2. The summed E-state index contributed by atoms with van der Waals surface area (Å²) in [6.07, 6.45) is 0. The Morgan fingerprint density at radius 2 is 1.59 bits per heavy atom. The number of carbonyl (C=O) groups excluding carboxylic acids is 1. The molecule has 0 radical (unpaired) electrons. The van der Waals surface area contributed by atoms with E-state index in [9.17, 15) is 9.59 Å². The molecule has 1 aliphatic heterocycles. The minimum atomic E-state index is -0.496. The van der Waals surface area contributed by atoms with Crippen LogP contribution in [0.25, 0.3) is 22.3 Å². The molecule has 1 aliphatic rings. The van der Waals surface area contributed by atoms with E-state index in [1.807, 2.05) is 48.5 Å². The summed E-state index contributed by atoms with van der Waals surface area (Å²) in [5.74, 6) is 0.841. The predicted octanol–water partition coefficient (Wildman–Crippen LogP) is 5.60. The number of fused-ring (bicyclic) bond motifs is 1. The maximum Gasteiger partial charge on any atom is 0.342 e. The van der Waals surface area contributed by atoms with Crippen LogP contribution >= 0.6 is 24.8 Å².